The zero-order chi connectivity index (χ0) is 13.0. The lowest BCUT2D eigenvalue weighted by atomic mass is 10.2. The summed E-state index contributed by atoms with van der Waals surface area (Å²) >= 11 is 0. The number of hydrogen-bond acceptors (Lipinski definition) is 4. The molecule has 2 aromatic heterocycles. The molecule has 2 aromatic rings. The minimum atomic E-state index is -0.702. The first-order chi connectivity index (χ1) is 8.70. The number of aliphatic hydroxyl groups excluding tert-OH is 1. The zero-order valence-electron chi connectivity index (χ0n) is 10.7. The minimum Gasteiger partial charge on any atom is -0.385 e. The fraction of sp³-hybridized carbons (Fsp3) is 0.462. The molecule has 0 aromatic carbocycles. The summed E-state index contributed by atoms with van der Waals surface area (Å²) < 4.78 is 1.92. The second-order valence-corrected chi connectivity index (χ2v) is 4.37. The Morgan fingerprint density at radius 3 is 2.72 bits per heavy atom. The van der Waals surface area contributed by atoms with E-state index in [1.807, 2.05) is 16.9 Å². The van der Waals surface area contributed by atoms with Gasteiger partial charge in [0.1, 0.15) is 6.10 Å². The second-order valence-electron chi connectivity index (χ2n) is 4.37. The van der Waals surface area contributed by atoms with Crippen LogP contribution in [0.25, 0.3) is 0 Å². The third kappa shape index (κ3) is 2.92. The van der Waals surface area contributed by atoms with Crippen LogP contribution in [-0.4, -0.2) is 24.9 Å². The van der Waals surface area contributed by atoms with Gasteiger partial charge in [-0.15, -0.1) is 0 Å². The van der Waals surface area contributed by atoms with E-state index in [2.05, 4.69) is 28.9 Å². The Morgan fingerprint density at radius 2 is 2.06 bits per heavy atom. The van der Waals surface area contributed by atoms with Crippen LogP contribution in [0, 0.1) is 0 Å². The van der Waals surface area contributed by atoms with Gasteiger partial charge < -0.3 is 5.11 Å². The Morgan fingerprint density at radius 1 is 1.33 bits per heavy atom. The van der Waals surface area contributed by atoms with Crippen LogP contribution in [0.15, 0.2) is 30.7 Å². The molecule has 5 heteroatoms. The first-order valence-corrected chi connectivity index (χ1v) is 6.19. The van der Waals surface area contributed by atoms with E-state index < -0.39 is 6.10 Å². The highest BCUT2D eigenvalue weighted by molar-refractivity contribution is 5.04. The highest BCUT2D eigenvalue weighted by Gasteiger charge is 2.13. The third-order valence-electron chi connectivity index (χ3n) is 2.99. The fourth-order valence-corrected chi connectivity index (χ4v) is 1.69. The molecule has 0 fully saturated rings. The topological polar surface area (TPSA) is 63.8 Å². The van der Waals surface area contributed by atoms with Gasteiger partial charge in [0.2, 0.25) is 0 Å². The lowest BCUT2D eigenvalue weighted by Crippen LogP contribution is -2.08. The van der Waals surface area contributed by atoms with Gasteiger partial charge in [0.05, 0.1) is 5.69 Å². The summed E-state index contributed by atoms with van der Waals surface area (Å²) in [7, 11) is 0. The summed E-state index contributed by atoms with van der Waals surface area (Å²) in [6.45, 7) is 4.24. The lowest BCUT2D eigenvalue weighted by Gasteiger charge is -2.09. The van der Waals surface area contributed by atoms with Crippen molar-refractivity contribution in [2.24, 2.45) is 0 Å². The Balaban J connectivity index is 2.03. The summed E-state index contributed by atoms with van der Waals surface area (Å²) in [6, 6.07) is 4.04. The molecule has 2 atom stereocenters. The number of aromatic nitrogens is 4. The first-order valence-electron chi connectivity index (χ1n) is 6.19. The molecule has 0 radical (unpaired) electrons. The van der Waals surface area contributed by atoms with Gasteiger partial charge in [0.25, 0.3) is 0 Å². The predicted molar refractivity (Wildman–Crippen MR) is 67.9 cm³/mol. The van der Waals surface area contributed by atoms with E-state index in [-0.39, 0.29) is 0 Å². The summed E-state index contributed by atoms with van der Waals surface area (Å²) in [6.07, 6.45) is 5.97. The highest BCUT2D eigenvalue weighted by atomic mass is 16.3. The van der Waals surface area contributed by atoms with Crippen molar-refractivity contribution in [2.75, 3.05) is 0 Å². The molecule has 0 bridgehead atoms. The maximum Gasteiger partial charge on any atom is 0.157 e. The number of nitrogens with zero attached hydrogens (tertiary/aromatic N) is 4. The van der Waals surface area contributed by atoms with Crippen molar-refractivity contribution < 1.29 is 5.11 Å². The molecule has 0 aliphatic rings. The molecular formula is C13H18N4O. The molecule has 18 heavy (non-hydrogen) atoms. The number of aliphatic hydroxyl groups is 1. The fourth-order valence-electron chi connectivity index (χ4n) is 1.69. The van der Waals surface area contributed by atoms with Gasteiger partial charge in [-0.2, -0.15) is 5.10 Å². The summed E-state index contributed by atoms with van der Waals surface area (Å²) in [5, 5.41) is 14.5. The van der Waals surface area contributed by atoms with E-state index >= 15 is 0 Å². The predicted octanol–water partition coefficient (Wildman–Crippen LogP) is 1.92. The molecule has 0 amide bonds. The SMILES string of the molecule is CCC(C)n1ccc(CC(O)c2ncccn2)n1. The largest absolute Gasteiger partial charge is 0.385 e. The molecule has 0 spiro atoms. The average Bonchev–Trinajstić information content (AvgIpc) is 2.87. The van der Waals surface area contributed by atoms with Crippen LogP contribution >= 0.6 is 0 Å². The molecule has 5 nitrogen and oxygen atoms in total. The van der Waals surface area contributed by atoms with Crippen LogP contribution in [0.3, 0.4) is 0 Å². The van der Waals surface area contributed by atoms with Gasteiger partial charge in [0.15, 0.2) is 5.82 Å². The van der Waals surface area contributed by atoms with E-state index in [0.29, 0.717) is 18.3 Å². The van der Waals surface area contributed by atoms with Crippen LogP contribution in [0.5, 0.6) is 0 Å². The van der Waals surface area contributed by atoms with Gasteiger partial charge in [-0.05, 0) is 25.5 Å². The highest BCUT2D eigenvalue weighted by Crippen LogP contribution is 2.15. The number of hydrogen-bond donors (Lipinski definition) is 1. The lowest BCUT2D eigenvalue weighted by molar-refractivity contribution is 0.166. The monoisotopic (exact) mass is 246 g/mol. The summed E-state index contributed by atoms with van der Waals surface area (Å²) in [4.78, 5) is 8.07. The van der Waals surface area contributed by atoms with E-state index in [1.165, 1.54) is 0 Å². The number of rotatable bonds is 5. The normalized spacial score (nSPS) is 14.4. The molecule has 0 saturated carbocycles. The van der Waals surface area contributed by atoms with Gasteiger partial charge in [-0.25, -0.2) is 9.97 Å². The van der Waals surface area contributed by atoms with Crippen LogP contribution in [0.2, 0.25) is 0 Å². The van der Waals surface area contributed by atoms with Crippen molar-refractivity contribution >= 4 is 0 Å². The Bertz CT molecular complexity index is 483. The molecule has 2 heterocycles. The molecule has 0 saturated heterocycles. The molecule has 2 unspecified atom stereocenters. The maximum absolute atomic E-state index is 10.0. The minimum absolute atomic E-state index is 0.379. The van der Waals surface area contributed by atoms with Crippen molar-refractivity contribution in [1.82, 2.24) is 19.7 Å². The Hall–Kier alpha value is -1.75. The Kier molecular flexibility index (Phi) is 4.04. The standard InChI is InChI=1S/C13H18N4O/c1-3-10(2)17-8-5-11(16-17)9-12(18)13-14-6-4-7-15-13/h4-8,10,12,18H,3,9H2,1-2H3. The molecule has 2 rings (SSSR count). The van der Waals surface area contributed by atoms with Crippen molar-refractivity contribution in [3.8, 4) is 0 Å². The van der Waals surface area contributed by atoms with Gasteiger partial charge in [0, 0.05) is 31.1 Å². The van der Waals surface area contributed by atoms with Gasteiger partial charge in [-0.1, -0.05) is 6.92 Å². The van der Waals surface area contributed by atoms with Crippen LogP contribution < -0.4 is 0 Å². The second kappa shape index (κ2) is 5.73. The van der Waals surface area contributed by atoms with E-state index in [1.54, 1.807) is 18.5 Å². The Labute approximate surface area is 107 Å². The van der Waals surface area contributed by atoms with Crippen molar-refractivity contribution in [1.29, 1.82) is 0 Å². The first kappa shape index (κ1) is 12.7. The van der Waals surface area contributed by atoms with E-state index in [4.69, 9.17) is 0 Å². The van der Waals surface area contributed by atoms with Gasteiger partial charge >= 0.3 is 0 Å². The summed E-state index contributed by atoms with van der Waals surface area (Å²) in [5.74, 6) is 0.440. The molecular weight excluding hydrogens is 228 g/mol. The van der Waals surface area contributed by atoms with Crippen LogP contribution in [-0.2, 0) is 6.42 Å². The van der Waals surface area contributed by atoms with Crippen molar-refractivity contribution in [3.05, 3.63) is 42.2 Å². The molecule has 0 aliphatic heterocycles. The van der Waals surface area contributed by atoms with Crippen molar-refractivity contribution in [3.63, 3.8) is 0 Å². The maximum atomic E-state index is 10.0. The quantitative estimate of drug-likeness (QED) is 0.875. The van der Waals surface area contributed by atoms with Crippen LogP contribution in [0.1, 0.15) is 43.9 Å². The van der Waals surface area contributed by atoms with Crippen molar-refractivity contribution in [2.45, 2.75) is 38.8 Å². The smallest absolute Gasteiger partial charge is 0.157 e. The van der Waals surface area contributed by atoms with E-state index in [0.717, 1.165) is 12.1 Å². The third-order valence-corrected chi connectivity index (χ3v) is 2.99. The molecule has 0 aliphatic carbocycles. The average molecular weight is 246 g/mol. The summed E-state index contributed by atoms with van der Waals surface area (Å²) in [5.41, 5.74) is 0.857. The van der Waals surface area contributed by atoms with Crippen LogP contribution in [0.4, 0.5) is 0 Å². The van der Waals surface area contributed by atoms with E-state index in [9.17, 15) is 5.11 Å². The molecule has 1 N–H and O–H groups in total. The molecule has 96 valence electrons. The van der Waals surface area contributed by atoms with Gasteiger partial charge in [-0.3, -0.25) is 4.68 Å². The zero-order valence-corrected chi connectivity index (χ0v) is 10.7.